The van der Waals surface area contributed by atoms with E-state index in [1.54, 1.807) is 25.1 Å². The Morgan fingerprint density at radius 3 is 2.52 bits per heavy atom. The Morgan fingerprint density at radius 2 is 1.83 bits per heavy atom. The van der Waals surface area contributed by atoms with Crippen molar-refractivity contribution in [3.63, 3.8) is 0 Å². The summed E-state index contributed by atoms with van der Waals surface area (Å²) in [4.78, 5) is 11.3. The molecule has 0 aliphatic rings. The summed E-state index contributed by atoms with van der Waals surface area (Å²) >= 11 is 0. The summed E-state index contributed by atoms with van der Waals surface area (Å²) in [6.07, 6.45) is 0.888. The maximum Gasteiger partial charge on any atom is 0.305 e. The van der Waals surface area contributed by atoms with E-state index in [1.807, 2.05) is 6.07 Å². The molecular formula is C16H17ClO5S. The molecule has 0 radical (unpaired) electrons. The molecule has 5 nitrogen and oxygen atoms in total. The van der Waals surface area contributed by atoms with Crippen molar-refractivity contribution in [2.75, 3.05) is 13.2 Å². The Labute approximate surface area is 139 Å². The Kier molecular flexibility index (Phi) is 5.85. The van der Waals surface area contributed by atoms with Gasteiger partial charge >= 0.3 is 5.97 Å². The van der Waals surface area contributed by atoms with Crippen molar-refractivity contribution in [1.29, 1.82) is 0 Å². The maximum absolute atomic E-state index is 11.3. The number of hydrogen-bond acceptors (Lipinski definition) is 5. The van der Waals surface area contributed by atoms with E-state index in [2.05, 4.69) is 0 Å². The lowest BCUT2D eigenvalue weighted by Crippen LogP contribution is -2.06. The van der Waals surface area contributed by atoms with Crippen LogP contribution < -0.4 is 4.74 Å². The number of esters is 1. The van der Waals surface area contributed by atoms with Crippen LogP contribution >= 0.6 is 10.7 Å². The van der Waals surface area contributed by atoms with E-state index < -0.39 is 9.05 Å². The topological polar surface area (TPSA) is 69.7 Å². The molecule has 0 aromatic heterocycles. The predicted octanol–water partition coefficient (Wildman–Crippen LogP) is 3.49. The van der Waals surface area contributed by atoms with E-state index >= 15 is 0 Å². The number of halogens is 1. The molecule has 0 atom stereocenters. The molecule has 7 heteroatoms. The van der Waals surface area contributed by atoms with Crippen molar-refractivity contribution in [1.82, 2.24) is 0 Å². The highest BCUT2D eigenvalue weighted by molar-refractivity contribution is 8.13. The second-order valence-corrected chi connectivity index (χ2v) is 7.43. The zero-order chi connectivity index (χ0) is 16.9. The highest BCUT2D eigenvalue weighted by atomic mass is 35.7. The summed E-state index contributed by atoms with van der Waals surface area (Å²) in [5, 5.41) is 1.60. The van der Waals surface area contributed by atoms with Crippen LogP contribution in [-0.4, -0.2) is 27.6 Å². The zero-order valence-electron chi connectivity index (χ0n) is 12.6. The van der Waals surface area contributed by atoms with Crippen molar-refractivity contribution in [2.45, 2.75) is 24.7 Å². The SMILES string of the molecule is CCOC(=O)CCCOc1ccc2cc(S(=O)(=O)Cl)ccc2c1. The van der Waals surface area contributed by atoms with Crippen molar-refractivity contribution in [3.8, 4) is 5.75 Å². The van der Waals surface area contributed by atoms with Crippen LogP contribution in [0.5, 0.6) is 5.75 Å². The minimum Gasteiger partial charge on any atom is -0.494 e. The molecule has 0 amide bonds. The fraction of sp³-hybridized carbons (Fsp3) is 0.312. The second kappa shape index (κ2) is 7.66. The van der Waals surface area contributed by atoms with Gasteiger partial charge in [-0.3, -0.25) is 4.79 Å². The van der Waals surface area contributed by atoms with E-state index in [0.717, 1.165) is 10.8 Å². The van der Waals surface area contributed by atoms with E-state index in [0.29, 0.717) is 31.8 Å². The van der Waals surface area contributed by atoms with Crippen molar-refractivity contribution < 1.29 is 22.7 Å². The molecular weight excluding hydrogens is 340 g/mol. The highest BCUT2D eigenvalue weighted by Crippen LogP contribution is 2.25. The molecule has 0 saturated carbocycles. The lowest BCUT2D eigenvalue weighted by atomic mass is 10.1. The number of ether oxygens (including phenoxy) is 2. The molecule has 0 fully saturated rings. The van der Waals surface area contributed by atoms with Crippen LogP contribution in [0.1, 0.15) is 19.8 Å². The molecule has 23 heavy (non-hydrogen) atoms. The molecule has 2 aromatic carbocycles. The summed E-state index contributed by atoms with van der Waals surface area (Å²) in [7, 11) is 1.59. The van der Waals surface area contributed by atoms with E-state index in [-0.39, 0.29) is 10.9 Å². The predicted molar refractivity (Wildman–Crippen MR) is 88.3 cm³/mol. The van der Waals surface area contributed by atoms with Gasteiger partial charge < -0.3 is 9.47 Å². The second-order valence-electron chi connectivity index (χ2n) is 4.87. The van der Waals surface area contributed by atoms with Crippen LogP contribution in [0.2, 0.25) is 0 Å². The number of hydrogen-bond donors (Lipinski definition) is 0. The van der Waals surface area contributed by atoms with Crippen LogP contribution in [0, 0.1) is 0 Å². The van der Waals surface area contributed by atoms with Crippen LogP contribution in [0.25, 0.3) is 10.8 Å². The number of rotatable bonds is 7. The first-order chi connectivity index (χ1) is 10.9. The lowest BCUT2D eigenvalue weighted by molar-refractivity contribution is -0.143. The zero-order valence-corrected chi connectivity index (χ0v) is 14.2. The third-order valence-electron chi connectivity index (χ3n) is 3.16. The van der Waals surface area contributed by atoms with Crippen LogP contribution in [0.3, 0.4) is 0 Å². The molecule has 124 valence electrons. The average molecular weight is 357 g/mol. The molecule has 0 heterocycles. The van der Waals surface area contributed by atoms with E-state index in [4.69, 9.17) is 20.2 Å². The largest absolute Gasteiger partial charge is 0.494 e. The first kappa shape index (κ1) is 17.6. The van der Waals surface area contributed by atoms with Gasteiger partial charge in [-0.25, -0.2) is 8.42 Å². The Morgan fingerprint density at radius 1 is 1.13 bits per heavy atom. The molecule has 0 saturated heterocycles. The fourth-order valence-corrected chi connectivity index (χ4v) is 2.87. The summed E-state index contributed by atoms with van der Waals surface area (Å²) in [5.74, 6) is 0.423. The minimum absolute atomic E-state index is 0.0646. The first-order valence-electron chi connectivity index (χ1n) is 7.17. The summed E-state index contributed by atoms with van der Waals surface area (Å²) in [5.41, 5.74) is 0. The first-order valence-corrected chi connectivity index (χ1v) is 9.48. The van der Waals surface area contributed by atoms with Gasteiger partial charge in [0.05, 0.1) is 18.1 Å². The fourth-order valence-electron chi connectivity index (χ4n) is 2.08. The standard InChI is InChI=1S/C16H17ClO5S/c1-2-21-16(18)4-3-9-22-14-7-5-13-11-15(23(17,19)20)8-6-12(13)10-14/h5-8,10-11H,2-4,9H2,1H3. The van der Waals surface area contributed by atoms with Gasteiger partial charge in [0.2, 0.25) is 0 Å². The monoisotopic (exact) mass is 356 g/mol. The molecule has 0 aliphatic carbocycles. The highest BCUT2D eigenvalue weighted by Gasteiger charge is 2.10. The Balaban J connectivity index is 1.99. The van der Waals surface area contributed by atoms with Crippen LogP contribution in [0.4, 0.5) is 0 Å². The van der Waals surface area contributed by atoms with Crippen molar-refractivity contribution >= 4 is 36.5 Å². The van der Waals surface area contributed by atoms with Crippen LogP contribution in [-0.2, 0) is 18.6 Å². The van der Waals surface area contributed by atoms with Crippen LogP contribution in [0.15, 0.2) is 41.3 Å². The Hall–Kier alpha value is -1.79. The molecule has 0 aliphatic heterocycles. The number of fused-ring (bicyclic) bond motifs is 1. The van der Waals surface area contributed by atoms with Gasteiger partial charge in [-0.15, -0.1) is 0 Å². The molecule has 0 spiro atoms. The number of carbonyl (C=O) groups is 1. The number of carbonyl (C=O) groups excluding carboxylic acids is 1. The smallest absolute Gasteiger partial charge is 0.305 e. The third-order valence-corrected chi connectivity index (χ3v) is 4.52. The van der Waals surface area contributed by atoms with Gasteiger partial charge in [0, 0.05) is 17.1 Å². The summed E-state index contributed by atoms with van der Waals surface area (Å²) in [6.45, 7) is 2.55. The van der Waals surface area contributed by atoms with Gasteiger partial charge in [-0.05, 0) is 48.4 Å². The quantitative estimate of drug-likeness (QED) is 0.431. The number of benzene rings is 2. The third kappa shape index (κ3) is 5.11. The van der Waals surface area contributed by atoms with Gasteiger partial charge in [0.1, 0.15) is 5.75 Å². The molecule has 0 bridgehead atoms. The minimum atomic E-state index is -3.74. The molecule has 0 unspecified atom stereocenters. The molecule has 0 N–H and O–H groups in total. The van der Waals surface area contributed by atoms with Crippen molar-refractivity contribution in [2.24, 2.45) is 0 Å². The van der Waals surface area contributed by atoms with Gasteiger partial charge in [-0.2, -0.15) is 0 Å². The van der Waals surface area contributed by atoms with Gasteiger partial charge in [0.15, 0.2) is 0 Å². The average Bonchev–Trinajstić information content (AvgIpc) is 2.50. The molecule has 2 rings (SSSR count). The van der Waals surface area contributed by atoms with Gasteiger partial charge in [0.25, 0.3) is 9.05 Å². The van der Waals surface area contributed by atoms with Crippen molar-refractivity contribution in [3.05, 3.63) is 36.4 Å². The summed E-state index contributed by atoms with van der Waals surface area (Å²) < 4.78 is 33.1. The lowest BCUT2D eigenvalue weighted by Gasteiger charge is -2.08. The Bertz CT molecular complexity index is 801. The van der Waals surface area contributed by atoms with E-state index in [9.17, 15) is 13.2 Å². The van der Waals surface area contributed by atoms with Gasteiger partial charge in [-0.1, -0.05) is 12.1 Å². The van der Waals surface area contributed by atoms with E-state index in [1.165, 1.54) is 12.1 Å². The normalized spacial score (nSPS) is 11.4. The molecule has 2 aromatic rings. The summed E-state index contributed by atoms with van der Waals surface area (Å²) in [6, 6.07) is 9.97. The maximum atomic E-state index is 11.3.